The van der Waals surface area contributed by atoms with Crippen LogP contribution in [0.4, 0.5) is 10.1 Å². The number of halogens is 2. The highest BCUT2D eigenvalue weighted by molar-refractivity contribution is 9.10. The molecular weight excluding hydrogens is 341 g/mol. The van der Waals surface area contributed by atoms with Crippen LogP contribution in [-0.2, 0) is 0 Å². The normalized spacial score (nSPS) is 10.2. The van der Waals surface area contributed by atoms with Gasteiger partial charge in [-0.15, -0.1) is 0 Å². The number of anilines is 1. The highest BCUT2D eigenvalue weighted by Gasteiger charge is 2.18. The Labute approximate surface area is 128 Å². The number of carbonyl (C=O) groups excluding carboxylic acids is 1. The van der Waals surface area contributed by atoms with E-state index in [2.05, 4.69) is 21.2 Å². The Balaban J connectivity index is 2.39. The van der Waals surface area contributed by atoms with E-state index >= 15 is 0 Å². The van der Waals surface area contributed by atoms with Gasteiger partial charge < -0.3 is 10.4 Å². The molecule has 2 aromatic rings. The summed E-state index contributed by atoms with van der Waals surface area (Å²) in [7, 11) is 0. The van der Waals surface area contributed by atoms with Crippen LogP contribution in [0.25, 0.3) is 0 Å². The van der Waals surface area contributed by atoms with Crippen molar-refractivity contribution in [2.75, 3.05) is 5.32 Å². The number of carbonyl (C=O) groups is 2. The highest BCUT2D eigenvalue weighted by atomic mass is 79.9. The number of rotatable bonds is 3. The lowest BCUT2D eigenvalue weighted by molar-refractivity contribution is 0.0697. The summed E-state index contributed by atoms with van der Waals surface area (Å²) in [5, 5.41) is 11.7. The Hall–Kier alpha value is -2.21. The third-order valence-electron chi connectivity index (χ3n) is 2.93. The zero-order chi connectivity index (χ0) is 15.6. The summed E-state index contributed by atoms with van der Waals surface area (Å²) in [4.78, 5) is 23.4. The first kappa shape index (κ1) is 15.2. The number of hydrogen-bond donors (Lipinski definition) is 2. The summed E-state index contributed by atoms with van der Waals surface area (Å²) in [5.74, 6) is -2.29. The smallest absolute Gasteiger partial charge is 0.338 e. The Morgan fingerprint density at radius 2 is 1.86 bits per heavy atom. The van der Waals surface area contributed by atoms with Crippen molar-refractivity contribution in [3.05, 3.63) is 63.4 Å². The number of hydrogen-bond acceptors (Lipinski definition) is 2. The summed E-state index contributed by atoms with van der Waals surface area (Å²) >= 11 is 3.00. The molecule has 4 nitrogen and oxygen atoms in total. The van der Waals surface area contributed by atoms with E-state index < -0.39 is 17.7 Å². The van der Waals surface area contributed by atoms with Crippen molar-refractivity contribution in [3.8, 4) is 0 Å². The predicted octanol–water partition coefficient (Wildman–Crippen LogP) is 3.85. The van der Waals surface area contributed by atoms with Crippen LogP contribution in [0.2, 0.25) is 0 Å². The van der Waals surface area contributed by atoms with Gasteiger partial charge >= 0.3 is 5.97 Å². The van der Waals surface area contributed by atoms with Gasteiger partial charge in [0.25, 0.3) is 5.91 Å². The molecule has 2 rings (SSSR count). The highest BCUT2D eigenvalue weighted by Crippen LogP contribution is 2.24. The average Bonchev–Trinajstić information content (AvgIpc) is 2.41. The van der Waals surface area contributed by atoms with Gasteiger partial charge in [0.1, 0.15) is 5.82 Å². The fraction of sp³-hybridized carbons (Fsp3) is 0.0667. The van der Waals surface area contributed by atoms with Gasteiger partial charge in [-0.1, -0.05) is 18.2 Å². The van der Waals surface area contributed by atoms with Crippen LogP contribution in [0.1, 0.15) is 26.3 Å². The van der Waals surface area contributed by atoms with E-state index in [0.29, 0.717) is 5.56 Å². The zero-order valence-corrected chi connectivity index (χ0v) is 12.6. The molecule has 0 fully saturated rings. The third-order valence-corrected chi connectivity index (χ3v) is 3.74. The molecule has 2 N–H and O–H groups in total. The van der Waals surface area contributed by atoms with Gasteiger partial charge in [-0.3, -0.25) is 4.79 Å². The SMILES string of the molecule is Cc1cccc(NC(=O)c2cccc(F)c2Br)c1C(=O)O. The number of amides is 1. The second-order valence-electron chi connectivity index (χ2n) is 4.36. The van der Waals surface area contributed by atoms with Crippen molar-refractivity contribution < 1.29 is 19.1 Å². The predicted molar refractivity (Wildman–Crippen MR) is 80.2 cm³/mol. The molecule has 1 amide bonds. The Morgan fingerprint density at radius 3 is 2.52 bits per heavy atom. The molecular formula is C15H11BrFNO3. The minimum absolute atomic E-state index is 0.0124. The van der Waals surface area contributed by atoms with E-state index in [4.69, 9.17) is 0 Å². The van der Waals surface area contributed by atoms with Crippen LogP contribution >= 0.6 is 15.9 Å². The van der Waals surface area contributed by atoms with E-state index in [9.17, 15) is 19.1 Å². The van der Waals surface area contributed by atoms with Crippen molar-refractivity contribution >= 4 is 33.5 Å². The quantitative estimate of drug-likeness (QED) is 0.882. The second-order valence-corrected chi connectivity index (χ2v) is 5.15. The fourth-order valence-electron chi connectivity index (χ4n) is 1.92. The maximum Gasteiger partial charge on any atom is 0.338 e. The summed E-state index contributed by atoms with van der Waals surface area (Å²) in [5.41, 5.74) is 0.800. The molecule has 0 aromatic heterocycles. The lowest BCUT2D eigenvalue weighted by Gasteiger charge is -2.11. The van der Waals surface area contributed by atoms with Gasteiger partial charge in [0.05, 0.1) is 21.3 Å². The Morgan fingerprint density at radius 1 is 1.19 bits per heavy atom. The Kier molecular flexibility index (Phi) is 4.37. The average molecular weight is 352 g/mol. The minimum atomic E-state index is -1.14. The molecule has 0 heterocycles. The van der Waals surface area contributed by atoms with E-state index in [1.165, 1.54) is 24.3 Å². The number of aromatic carboxylic acids is 1. The maximum absolute atomic E-state index is 13.4. The zero-order valence-electron chi connectivity index (χ0n) is 11.0. The molecule has 0 spiro atoms. The molecule has 0 saturated carbocycles. The molecule has 2 aromatic carbocycles. The first-order chi connectivity index (χ1) is 9.91. The largest absolute Gasteiger partial charge is 0.478 e. The van der Waals surface area contributed by atoms with Crippen LogP contribution in [0.15, 0.2) is 40.9 Å². The van der Waals surface area contributed by atoms with Crippen molar-refractivity contribution in [2.24, 2.45) is 0 Å². The van der Waals surface area contributed by atoms with Crippen LogP contribution in [0.5, 0.6) is 0 Å². The van der Waals surface area contributed by atoms with Crippen LogP contribution in [0.3, 0.4) is 0 Å². The van der Waals surface area contributed by atoms with Crippen LogP contribution < -0.4 is 5.32 Å². The monoisotopic (exact) mass is 351 g/mol. The minimum Gasteiger partial charge on any atom is -0.478 e. The van der Waals surface area contributed by atoms with Gasteiger partial charge in [0.2, 0.25) is 0 Å². The maximum atomic E-state index is 13.4. The van der Waals surface area contributed by atoms with Crippen LogP contribution in [0, 0.1) is 12.7 Å². The molecule has 0 bridgehead atoms. The lowest BCUT2D eigenvalue weighted by atomic mass is 10.1. The van der Waals surface area contributed by atoms with E-state index in [1.54, 1.807) is 19.1 Å². The first-order valence-corrected chi connectivity index (χ1v) is 6.79. The molecule has 21 heavy (non-hydrogen) atoms. The fourth-order valence-corrected chi connectivity index (χ4v) is 2.37. The number of benzene rings is 2. The summed E-state index contributed by atoms with van der Waals surface area (Å²) in [6.07, 6.45) is 0. The lowest BCUT2D eigenvalue weighted by Crippen LogP contribution is -2.16. The summed E-state index contributed by atoms with van der Waals surface area (Å²) in [6, 6.07) is 8.83. The molecule has 0 unspecified atom stereocenters. The Bertz CT molecular complexity index is 731. The van der Waals surface area contributed by atoms with Gasteiger partial charge in [-0.25, -0.2) is 9.18 Å². The van der Waals surface area contributed by atoms with Gasteiger partial charge in [-0.05, 0) is 46.6 Å². The molecule has 0 aliphatic carbocycles. The van der Waals surface area contributed by atoms with E-state index in [0.717, 1.165) is 0 Å². The molecule has 0 aliphatic heterocycles. The van der Waals surface area contributed by atoms with Crippen molar-refractivity contribution in [3.63, 3.8) is 0 Å². The first-order valence-electron chi connectivity index (χ1n) is 6.00. The molecule has 6 heteroatoms. The van der Waals surface area contributed by atoms with E-state index in [1.807, 2.05) is 0 Å². The standard InChI is InChI=1S/C15H11BrFNO3/c1-8-4-2-7-11(12(8)15(20)21)18-14(19)9-5-3-6-10(17)13(9)16/h2-7H,1H3,(H,18,19)(H,20,21). The van der Waals surface area contributed by atoms with E-state index in [-0.39, 0.29) is 21.3 Å². The molecule has 0 atom stereocenters. The number of carboxylic acid groups (broad SMARTS) is 1. The molecule has 0 aliphatic rings. The number of carboxylic acids is 1. The molecule has 108 valence electrons. The van der Waals surface area contributed by atoms with Crippen molar-refractivity contribution in [1.82, 2.24) is 0 Å². The summed E-state index contributed by atoms with van der Waals surface area (Å²) < 4.78 is 13.5. The van der Waals surface area contributed by atoms with Gasteiger partial charge in [0.15, 0.2) is 0 Å². The second kappa shape index (κ2) is 6.05. The number of nitrogens with one attached hydrogen (secondary N) is 1. The molecule has 0 radical (unpaired) electrons. The summed E-state index contributed by atoms with van der Waals surface area (Å²) in [6.45, 7) is 1.64. The van der Waals surface area contributed by atoms with Crippen LogP contribution in [-0.4, -0.2) is 17.0 Å². The van der Waals surface area contributed by atoms with Gasteiger partial charge in [0, 0.05) is 0 Å². The van der Waals surface area contributed by atoms with Gasteiger partial charge in [-0.2, -0.15) is 0 Å². The third kappa shape index (κ3) is 3.11. The topological polar surface area (TPSA) is 66.4 Å². The number of aryl methyl sites for hydroxylation is 1. The molecule has 0 saturated heterocycles. The van der Waals surface area contributed by atoms with Crippen molar-refractivity contribution in [2.45, 2.75) is 6.92 Å². The van der Waals surface area contributed by atoms with Crippen molar-refractivity contribution in [1.29, 1.82) is 0 Å².